The maximum Gasteiger partial charge on any atom is 0.0110 e. The zero-order chi connectivity index (χ0) is 13.0. The van der Waals surface area contributed by atoms with Gasteiger partial charge in [0.15, 0.2) is 0 Å². The lowest BCUT2D eigenvalue weighted by atomic mass is 9.74. The molecule has 1 heterocycles. The maximum atomic E-state index is 2.36. The van der Waals surface area contributed by atoms with Crippen LogP contribution in [0.2, 0.25) is 0 Å². The molecule has 1 aliphatic rings. The Hall–Kier alpha value is -1.08. The average molecular weight is 270 g/mol. The highest BCUT2D eigenvalue weighted by atomic mass is 32.1. The van der Waals surface area contributed by atoms with Crippen LogP contribution in [0, 0.1) is 0 Å². The lowest BCUT2D eigenvalue weighted by Gasteiger charge is -2.32. The Kier molecular flexibility index (Phi) is 4.03. The lowest BCUT2D eigenvalue weighted by molar-refractivity contribution is 0.375. The van der Waals surface area contributed by atoms with Gasteiger partial charge in [0.05, 0.1) is 0 Å². The van der Waals surface area contributed by atoms with E-state index in [9.17, 15) is 0 Å². The molecular formula is C18H22S. The summed E-state index contributed by atoms with van der Waals surface area (Å²) in [6.07, 6.45) is 9.57. The Morgan fingerprint density at radius 3 is 2.21 bits per heavy atom. The Bertz CT molecular complexity index is 476. The van der Waals surface area contributed by atoms with Crippen LogP contribution in [0.15, 0.2) is 47.8 Å². The predicted octanol–water partition coefficient (Wildman–Crippen LogP) is 5.58. The second-order valence-electron chi connectivity index (χ2n) is 5.83. The fourth-order valence-corrected chi connectivity index (χ4v) is 4.47. The van der Waals surface area contributed by atoms with Crippen LogP contribution in [0.1, 0.15) is 49.0 Å². The van der Waals surface area contributed by atoms with Crippen molar-refractivity contribution < 1.29 is 0 Å². The van der Waals surface area contributed by atoms with E-state index in [0.717, 1.165) is 0 Å². The second-order valence-corrected chi connectivity index (χ2v) is 6.78. The van der Waals surface area contributed by atoms with Crippen LogP contribution in [0.4, 0.5) is 0 Å². The quantitative estimate of drug-likeness (QED) is 0.638. The van der Waals surface area contributed by atoms with Crippen molar-refractivity contribution in [2.24, 2.45) is 0 Å². The van der Waals surface area contributed by atoms with Crippen LogP contribution in [0.25, 0.3) is 0 Å². The summed E-state index contributed by atoms with van der Waals surface area (Å²) >= 11 is 1.96. The van der Waals surface area contributed by atoms with E-state index in [4.69, 9.17) is 0 Å². The largest absolute Gasteiger partial charge is 0.148 e. The number of hydrogen-bond donors (Lipinski definition) is 0. The molecule has 0 atom stereocenters. The molecule has 0 spiro atoms. The predicted molar refractivity (Wildman–Crippen MR) is 83.8 cm³/mol. The molecule has 0 radical (unpaired) electrons. The molecule has 1 heteroatoms. The van der Waals surface area contributed by atoms with Crippen molar-refractivity contribution in [1.29, 1.82) is 0 Å². The fraction of sp³-hybridized carbons (Fsp3) is 0.444. The van der Waals surface area contributed by atoms with Gasteiger partial charge in [0.1, 0.15) is 0 Å². The first-order valence-corrected chi connectivity index (χ1v) is 8.35. The van der Waals surface area contributed by atoms with Crippen LogP contribution < -0.4 is 0 Å². The Morgan fingerprint density at radius 1 is 0.842 bits per heavy atom. The molecular weight excluding hydrogens is 248 g/mol. The number of rotatable bonds is 3. The van der Waals surface area contributed by atoms with Crippen molar-refractivity contribution >= 4 is 11.3 Å². The molecule has 0 bridgehead atoms. The molecule has 19 heavy (non-hydrogen) atoms. The Morgan fingerprint density at radius 2 is 1.58 bits per heavy atom. The minimum Gasteiger partial charge on any atom is -0.148 e. The van der Waals surface area contributed by atoms with Gasteiger partial charge in [-0.15, -0.1) is 11.3 Å². The first-order valence-electron chi connectivity index (χ1n) is 7.47. The van der Waals surface area contributed by atoms with E-state index in [-0.39, 0.29) is 0 Å². The molecule has 1 aromatic heterocycles. The highest BCUT2D eigenvalue weighted by Gasteiger charge is 2.33. The smallest absolute Gasteiger partial charge is 0.0110 e. The van der Waals surface area contributed by atoms with E-state index in [1.54, 1.807) is 4.88 Å². The van der Waals surface area contributed by atoms with Gasteiger partial charge in [-0.1, -0.05) is 62.1 Å². The van der Waals surface area contributed by atoms with E-state index in [2.05, 4.69) is 47.8 Å². The highest BCUT2D eigenvalue weighted by Crippen LogP contribution is 2.42. The van der Waals surface area contributed by atoms with Crippen LogP contribution in [0.3, 0.4) is 0 Å². The van der Waals surface area contributed by atoms with Gasteiger partial charge < -0.3 is 0 Å². The van der Waals surface area contributed by atoms with Crippen molar-refractivity contribution in [3.8, 4) is 0 Å². The van der Waals surface area contributed by atoms with Gasteiger partial charge in [0, 0.05) is 10.3 Å². The van der Waals surface area contributed by atoms with E-state index in [0.29, 0.717) is 5.41 Å². The van der Waals surface area contributed by atoms with Crippen molar-refractivity contribution in [3.63, 3.8) is 0 Å². The average Bonchev–Trinajstić information content (AvgIpc) is 2.89. The minimum absolute atomic E-state index is 0.409. The molecule has 0 saturated heterocycles. The zero-order valence-electron chi connectivity index (χ0n) is 11.5. The normalized spacial score (nSPS) is 18.9. The number of hydrogen-bond acceptors (Lipinski definition) is 1. The van der Waals surface area contributed by atoms with Gasteiger partial charge in [-0.2, -0.15) is 0 Å². The molecule has 1 saturated carbocycles. The van der Waals surface area contributed by atoms with Gasteiger partial charge in [0.25, 0.3) is 0 Å². The summed E-state index contributed by atoms with van der Waals surface area (Å²) in [5.41, 5.74) is 1.91. The number of thiophene rings is 1. The minimum atomic E-state index is 0.409. The first kappa shape index (κ1) is 12.9. The topological polar surface area (TPSA) is 0 Å². The van der Waals surface area contributed by atoms with E-state index < -0.39 is 0 Å². The van der Waals surface area contributed by atoms with Crippen LogP contribution in [0.5, 0.6) is 0 Å². The highest BCUT2D eigenvalue weighted by molar-refractivity contribution is 7.10. The molecule has 0 amide bonds. The molecule has 1 aliphatic carbocycles. The van der Waals surface area contributed by atoms with Gasteiger partial charge in [-0.05, 0) is 36.3 Å². The molecule has 0 unspecified atom stereocenters. The molecule has 3 rings (SSSR count). The molecule has 2 aromatic rings. The molecule has 0 aliphatic heterocycles. The zero-order valence-corrected chi connectivity index (χ0v) is 12.3. The summed E-state index contributed by atoms with van der Waals surface area (Å²) in [5, 5.41) is 2.24. The monoisotopic (exact) mass is 270 g/mol. The number of benzene rings is 1. The van der Waals surface area contributed by atoms with Gasteiger partial charge in [-0.25, -0.2) is 0 Å². The second kappa shape index (κ2) is 5.92. The summed E-state index contributed by atoms with van der Waals surface area (Å²) in [6.45, 7) is 0. The molecule has 1 aromatic carbocycles. The Balaban J connectivity index is 1.92. The van der Waals surface area contributed by atoms with Crippen molar-refractivity contribution in [2.45, 2.75) is 50.4 Å². The summed E-state index contributed by atoms with van der Waals surface area (Å²) in [6, 6.07) is 15.6. The molecule has 100 valence electrons. The third kappa shape index (κ3) is 2.92. The fourth-order valence-electron chi connectivity index (χ4n) is 3.48. The summed E-state index contributed by atoms with van der Waals surface area (Å²) in [5.74, 6) is 0. The van der Waals surface area contributed by atoms with Crippen LogP contribution in [-0.4, -0.2) is 0 Å². The molecule has 1 fully saturated rings. The summed E-state index contributed by atoms with van der Waals surface area (Å²) in [4.78, 5) is 1.61. The Labute approximate surface area is 120 Å². The van der Waals surface area contributed by atoms with Crippen molar-refractivity contribution in [1.82, 2.24) is 0 Å². The van der Waals surface area contributed by atoms with Gasteiger partial charge >= 0.3 is 0 Å². The van der Waals surface area contributed by atoms with Crippen LogP contribution >= 0.6 is 11.3 Å². The third-order valence-corrected chi connectivity index (χ3v) is 5.61. The summed E-state index contributed by atoms with van der Waals surface area (Å²) in [7, 11) is 0. The van der Waals surface area contributed by atoms with E-state index in [1.807, 2.05) is 11.3 Å². The maximum absolute atomic E-state index is 2.36. The first-order chi connectivity index (χ1) is 9.39. The van der Waals surface area contributed by atoms with E-state index >= 15 is 0 Å². The van der Waals surface area contributed by atoms with Crippen LogP contribution in [-0.2, 0) is 11.8 Å². The SMILES string of the molecule is c1ccc(CC2(c3cccs3)CCCCCC2)cc1. The standard InChI is InChI=1S/C18H22S/c1-2-7-13-18(12-6-1,17-11-8-14-19-17)15-16-9-4-3-5-10-16/h3-5,8-11,14H,1-2,6-7,12-13,15H2. The van der Waals surface area contributed by atoms with Crippen molar-refractivity contribution in [2.75, 3.05) is 0 Å². The van der Waals surface area contributed by atoms with E-state index in [1.165, 1.54) is 50.5 Å². The van der Waals surface area contributed by atoms with Gasteiger partial charge in [-0.3, -0.25) is 0 Å². The summed E-state index contributed by atoms with van der Waals surface area (Å²) < 4.78 is 0. The van der Waals surface area contributed by atoms with Gasteiger partial charge in [0.2, 0.25) is 0 Å². The molecule has 0 nitrogen and oxygen atoms in total. The van der Waals surface area contributed by atoms with Crippen molar-refractivity contribution in [3.05, 3.63) is 58.3 Å². The third-order valence-electron chi connectivity index (χ3n) is 4.49. The lowest BCUT2D eigenvalue weighted by Crippen LogP contribution is -2.27. The molecule has 0 N–H and O–H groups in total.